The lowest BCUT2D eigenvalue weighted by Gasteiger charge is -2.07. The number of rotatable bonds is 4. The highest BCUT2D eigenvalue weighted by molar-refractivity contribution is 6.31. The van der Waals surface area contributed by atoms with Gasteiger partial charge in [0.25, 0.3) is 0 Å². The highest BCUT2D eigenvalue weighted by Gasteiger charge is 2.03. The summed E-state index contributed by atoms with van der Waals surface area (Å²) in [5.74, 6) is 0. The van der Waals surface area contributed by atoms with E-state index in [2.05, 4.69) is 29.4 Å². The Bertz CT molecular complexity index is 483. The molecule has 1 heterocycles. The van der Waals surface area contributed by atoms with Gasteiger partial charge in [-0.25, -0.2) is 0 Å². The molecule has 0 atom stereocenters. The second kappa shape index (κ2) is 5.80. The third kappa shape index (κ3) is 3.05. The predicted octanol–water partition coefficient (Wildman–Crippen LogP) is 3.51. The Morgan fingerprint density at radius 2 is 2.12 bits per heavy atom. The quantitative estimate of drug-likeness (QED) is 0.893. The minimum atomic E-state index is 0.798. The SMILES string of the molecule is CCNCc1ccc(-c2cccnc2)cc1Cl. The molecule has 2 aromatic rings. The van der Waals surface area contributed by atoms with Gasteiger partial charge in [-0.05, 0) is 29.8 Å². The smallest absolute Gasteiger partial charge is 0.0457 e. The van der Waals surface area contributed by atoms with Gasteiger partial charge in [0.2, 0.25) is 0 Å². The van der Waals surface area contributed by atoms with Crippen LogP contribution in [0.25, 0.3) is 11.1 Å². The molecule has 1 N–H and O–H groups in total. The van der Waals surface area contributed by atoms with E-state index >= 15 is 0 Å². The normalized spacial score (nSPS) is 10.5. The molecule has 1 aromatic heterocycles. The van der Waals surface area contributed by atoms with Crippen molar-refractivity contribution in [2.45, 2.75) is 13.5 Å². The van der Waals surface area contributed by atoms with E-state index < -0.39 is 0 Å². The van der Waals surface area contributed by atoms with Gasteiger partial charge in [-0.15, -0.1) is 0 Å². The summed E-state index contributed by atoms with van der Waals surface area (Å²) < 4.78 is 0. The maximum atomic E-state index is 6.25. The summed E-state index contributed by atoms with van der Waals surface area (Å²) in [7, 11) is 0. The van der Waals surface area contributed by atoms with Crippen molar-refractivity contribution < 1.29 is 0 Å². The molecule has 17 heavy (non-hydrogen) atoms. The van der Waals surface area contributed by atoms with Crippen LogP contribution in [-0.2, 0) is 6.54 Å². The lowest BCUT2D eigenvalue weighted by atomic mass is 10.1. The third-order valence-corrected chi connectivity index (χ3v) is 2.97. The van der Waals surface area contributed by atoms with Gasteiger partial charge in [-0.2, -0.15) is 0 Å². The number of nitrogens with zero attached hydrogens (tertiary/aromatic N) is 1. The molecule has 0 saturated heterocycles. The van der Waals surface area contributed by atoms with E-state index in [0.29, 0.717) is 0 Å². The average Bonchev–Trinajstić information content (AvgIpc) is 2.38. The topological polar surface area (TPSA) is 24.9 Å². The molecule has 2 nitrogen and oxygen atoms in total. The lowest BCUT2D eigenvalue weighted by molar-refractivity contribution is 0.727. The first kappa shape index (κ1) is 12.1. The molecule has 0 radical (unpaired) electrons. The molecule has 0 aliphatic carbocycles. The number of pyridine rings is 1. The Morgan fingerprint density at radius 3 is 2.76 bits per heavy atom. The molecule has 0 unspecified atom stereocenters. The molecule has 88 valence electrons. The van der Waals surface area contributed by atoms with Gasteiger partial charge in [-0.1, -0.05) is 36.7 Å². The van der Waals surface area contributed by atoms with E-state index in [-0.39, 0.29) is 0 Å². The van der Waals surface area contributed by atoms with Crippen LogP contribution in [0.4, 0.5) is 0 Å². The Balaban J connectivity index is 2.25. The van der Waals surface area contributed by atoms with Gasteiger partial charge in [0.15, 0.2) is 0 Å². The Morgan fingerprint density at radius 1 is 1.24 bits per heavy atom. The van der Waals surface area contributed by atoms with Gasteiger partial charge >= 0.3 is 0 Å². The summed E-state index contributed by atoms with van der Waals surface area (Å²) in [6, 6.07) is 10.1. The minimum Gasteiger partial charge on any atom is -0.313 e. The van der Waals surface area contributed by atoms with E-state index in [4.69, 9.17) is 11.6 Å². The van der Waals surface area contributed by atoms with Crippen molar-refractivity contribution in [3.05, 3.63) is 53.3 Å². The molecule has 0 spiro atoms. The van der Waals surface area contributed by atoms with Crippen molar-refractivity contribution in [2.24, 2.45) is 0 Å². The van der Waals surface area contributed by atoms with Crippen molar-refractivity contribution in [3.63, 3.8) is 0 Å². The summed E-state index contributed by atoms with van der Waals surface area (Å²) in [5, 5.41) is 4.07. The van der Waals surface area contributed by atoms with Gasteiger partial charge in [0, 0.05) is 29.5 Å². The molecule has 0 bridgehead atoms. The first-order chi connectivity index (χ1) is 8.31. The molecule has 0 saturated carbocycles. The second-order valence-corrected chi connectivity index (χ2v) is 4.24. The van der Waals surface area contributed by atoms with Crippen LogP contribution in [-0.4, -0.2) is 11.5 Å². The number of nitrogens with one attached hydrogen (secondary N) is 1. The number of hydrogen-bond donors (Lipinski definition) is 1. The molecule has 0 aliphatic heterocycles. The molecule has 3 heteroatoms. The number of aromatic nitrogens is 1. The molecular formula is C14H15ClN2. The predicted molar refractivity (Wildman–Crippen MR) is 72.1 cm³/mol. The standard InChI is InChI=1S/C14H15ClN2/c1-2-16-10-13-6-5-11(8-14(13)15)12-4-3-7-17-9-12/h3-9,16H,2,10H2,1H3. The summed E-state index contributed by atoms with van der Waals surface area (Å²) >= 11 is 6.25. The molecule has 2 rings (SSSR count). The van der Waals surface area contributed by atoms with Crippen LogP contribution in [0.3, 0.4) is 0 Å². The maximum Gasteiger partial charge on any atom is 0.0457 e. The Kier molecular flexibility index (Phi) is 4.13. The van der Waals surface area contributed by atoms with E-state index in [1.807, 2.05) is 24.4 Å². The van der Waals surface area contributed by atoms with Crippen molar-refractivity contribution in [3.8, 4) is 11.1 Å². The summed E-state index contributed by atoms with van der Waals surface area (Å²) in [5.41, 5.74) is 3.31. The minimum absolute atomic E-state index is 0.798. The fraction of sp³-hybridized carbons (Fsp3) is 0.214. The van der Waals surface area contributed by atoms with Crippen LogP contribution >= 0.6 is 11.6 Å². The van der Waals surface area contributed by atoms with Crippen molar-refractivity contribution in [1.29, 1.82) is 0 Å². The highest BCUT2D eigenvalue weighted by atomic mass is 35.5. The van der Waals surface area contributed by atoms with Gasteiger partial charge < -0.3 is 5.32 Å². The van der Waals surface area contributed by atoms with Crippen LogP contribution in [0.1, 0.15) is 12.5 Å². The van der Waals surface area contributed by atoms with Gasteiger partial charge in [-0.3, -0.25) is 4.98 Å². The van der Waals surface area contributed by atoms with Crippen molar-refractivity contribution >= 4 is 11.6 Å². The van der Waals surface area contributed by atoms with E-state index in [0.717, 1.165) is 34.8 Å². The zero-order chi connectivity index (χ0) is 12.1. The van der Waals surface area contributed by atoms with E-state index in [9.17, 15) is 0 Å². The van der Waals surface area contributed by atoms with Gasteiger partial charge in [0.1, 0.15) is 0 Å². The monoisotopic (exact) mass is 246 g/mol. The fourth-order valence-corrected chi connectivity index (χ4v) is 1.91. The molecule has 1 aromatic carbocycles. The number of halogens is 1. The third-order valence-electron chi connectivity index (χ3n) is 2.61. The van der Waals surface area contributed by atoms with Gasteiger partial charge in [0.05, 0.1) is 0 Å². The zero-order valence-corrected chi connectivity index (χ0v) is 10.5. The highest BCUT2D eigenvalue weighted by Crippen LogP contribution is 2.24. The molecular weight excluding hydrogens is 232 g/mol. The van der Waals surface area contributed by atoms with Crippen LogP contribution in [0.5, 0.6) is 0 Å². The summed E-state index contributed by atoms with van der Waals surface area (Å²) in [6.07, 6.45) is 3.61. The van der Waals surface area contributed by atoms with Crippen LogP contribution < -0.4 is 5.32 Å². The summed E-state index contributed by atoms with van der Waals surface area (Å²) in [4.78, 5) is 4.11. The fourth-order valence-electron chi connectivity index (χ4n) is 1.66. The number of benzene rings is 1. The van der Waals surface area contributed by atoms with Crippen molar-refractivity contribution in [2.75, 3.05) is 6.54 Å². The maximum absolute atomic E-state index is 6.25. The molecule has 0 fully saturated rings. The van der Waals surface area contributed by atoms with Crippen LogP contribution in [0.15, 0.2) is 42.7 Å². The first-order valence-electron chi connectivity index (χ1n) is 5.71. The molecule has 0 aliphatic rings. The Labute approximate surface area is 107 Å². The lowest BCUT2D eigenvalue weighted by Crippen LogP contribution is -2.11. The first-order valence-corrected chi connectivity index (χ1v) is 6.08. The number of hydrogen-bond acceptors (Lipinski definition) is 2. The summed E-state index contributed by atoms with van der Waals surface area (Å²) in [6.45, 7) is 3.83. The van der Waals surface area contributed by atoms with E-state index in [1.54, 1.807) is 6.20 Å². The largest absolute Gasteiger partial charge is 0.313 e. The molecule has 0 amide bonds. The Hall–Kier alpha value is -1.38. The average molecular weight is 247 g/mol. The van der Waals surface area contributed by atoms with Crippen molar-refractivity contribution in [1.82, 2.24) is 10.3 Å². The van der Waals surface area contributed by atoms with Crippen LogP contribution in [0.2, 0.25) is 5.02 Å². The second-order valence-electron chi connectivity index (χ2n) is 3.83. The zero-order valence-electron chi connectivity index (χ0n) is 9.78. The van der Waals surface area contributed by atoms with Crippen LogP contribution in [0, 0.1) is 0 Å². The van der Waals surface area contributed by atoms with E-state index in [1.165, 1.54) is 0 Å².